The fraction of sp³-hybridized carbons (Fsp3) is 0.600. The van der Waals surface area contributed by atoms with Crippen LogP contribution in [0.2, 0.25) is 0 Å². The van der Waals surface area contributed by atoms with E-state index in [1.165, 1.54) is 23.5 Å². The highest BCUT2D eigenvalue weighted by Crippen LogP contribution is 2.25. The molecule has 2 saturated heterocycles. The maximum absolute atomic E-state index is 12.9. The molecule has 0 aromatic heterocycles. The summed E-state index contributed by atoms with van der Waals surface area (Å²) in [6.07, 6.45) is 4.35. The summed E-state index contributed by atoms with van der Waals surface area (Å²) in [5.41, 5.74) is 0. The highest BCUT2D eigenvalue weighted by molar-refractivity contribution is 7.89. The van der Waals surface area contributed by atoms with Crippen molar-refractivity contribution in [2.45, 2.75) is 37.0 Å². The smallest absolute Gasteiger partial charge is 0.243 e. The van der Waals surface area contributed by atoms with Crippen molar-refractivity contribution in [2.24, 2.45) is 5.92 Å². The van der Waals surface area contributed by atoms with Crippen LogP contribution in [0.5, 0.6) is 5.75 Å². The number of carbonyl (C=O) groups excluding carboxylic acids is 2. The number of likely N-dealkylation sites (tertiary alicyclic amines) is 1. The number of amides is 2. The number of benzene rings is 1. The van der Waals surface area contributed by atoms with E-state index in [9.17, 15) is 18.0 Å². The summed E-state index contributed by atoms with van der Waals surface area (Å²) in [5, 5.41) is 2.71. The molecule has 9 heteroatoms. The lowest BCUT2D eigenvalue weighted by Gasteiger charge is -2.31. The van der Waals surface area contributed by atoms with Gasteiger partial charge in [-0.15, -0.1) is 0 Å². The Hall–Kier alpha value is -2.13. The Balaban J connectivity index is 1.57. The van der Waals surface area contributed by atoms with Crippen LogP contribution in [0.15, 0.2) is 29.2 Å². The van der Waals surface area contributed by atoms with Gasteiger partial charge >= 0.3 is 0 Å². The van der Waals surface area contributed by atoms with E-state index in [2.05, 4.69) is 5.32 Å². The average molecular weight is 424 g/mol. The van der Waals surface area contributed by atoms with Crippen LogP contribution in [0.25, 0.3) is 0 Å². The summed E-state index contributed by atoms with van der Waals surface area (Å²) in [4.78, 5) is 26.8. The molecule has 8 nitrogen and oxygen atoms in total. The number of carbonyl (C=O) groups is 2. The monoisotopic (exact) mass is 423 g/mol. The van der Waals surface area contributed by atoms with Crippen molar-refractivity contribution in [2.75, 3.05) is 39.8 Å². The Morgan fingerprint density at radius 3 is 2.41 bits per heavy atom. The quantitative estimate of drug-likeness (QED) is 0.742. The second-order valence-electron chi connectivity index (χ2n) is 7.54. The molecule has 2 aliphatic rings. The molecule has 2 heterocycles. The molecule has 2 aliphatic heterocycles. The van der Waals surface area contributed by atoms with Crippen molar-refractivity contribution in [1.29, 1.82) is 0 Å². The first kappa shape index (κ1) is 21.6. The van der Waals surface area contributed by atoms with Crippen molar-refractivity contribution >= 4 is 21.8 Å². The molecule has 1 N–H and O–H groups in total. The second kappa shape index (κ2) is 9.58. The van der Waals surface area contributed by atoms with Crippen LogP contribution in [0.4, 0.5) is 0 Å². The van der Waals surface area contributed by atoms with Gasteiger partial charge in [-0.1, -0.05) is 0 Å². The van der Waals surface area contributed by atoms with Crippen molar-refractivity contribution in [3.05, 3.63) is 24.3 Å². The normalized spacial score (nSPS) is 20.9. The Morgan fingerprint density at radius 1 is 1.07 bits per heavy atom. The predicted molar refractivity (Wildman–Crippen MR) is 108 cm³/mol. The highest BCUT2D eigenvalue weighted by atomic mass is 32.2. The number of ether oxygens (including phenoxy) is 1. The molecule has 0 radical (unpaired) electrons. The Labute approximate surface area is 172 Å². The summed E-state index contributed by atoms with van der Waals surface area (Å²) >= 11 is 0. The minimum Gasteiger partial charge on any atom is -0.497 e. The average Bonchev–Trinajstić information content (AvgIpc) is 2.78. The van der Waals surface area contributed by atoms with Gasteiger partial charge < -0.3 is 15.0 Å². The van der Waals surface area contributed by atoms with Crippen LogP contribution in [0, 0.1) is 5.92 Å². The number of methoxy groups -OCH3 is 1. The number of piperidine rings is 2. The van der Waals surface area contributed by atoms with Crippen LogP contribution in [0.1, 0.15) is 32.1 Å². The van der Waals surface area contributed by atoms with Gasteiger partial charge in [-0.3, -0.25) is 9.59 Å². The first-order valence-corrected chi connectivity index (χ1v) is 11.6. The molecule has 3 rings (SSSR count). The molecule has 0 spiro atoms. The number of hydrogen-bond donors (Lipinski definition) is 1. The van der Waals surface area contributed by atoms with Gasteiger partial charge in [-0.2, -0.15) is 4.31 Å². The van der Waals surface area contributed by atoms with Crippen LogP contribution < -0.4 is 10.1 Å². The van der Waals surface area contributed by atoms with E-state index < -0.39 is 15.9 Å². The largest absolute Gasteiger partial charge is 0.497 e. The standard InChI is InChI=1S/C20H29N3O5S/c1-28-17-7-9-18(10-8-17)29(26,27)23-13-5-6-16(15-23)20(25)21-14-19(24)22-11-3-2-4-12-22/h7-10,16H,2-6,11-15H2,1H3,(H,21,25)/t16-/m1/s1. The molecule has 1 atom stereocenters. The fourth-order valence-electron chi connectivity index (χ4n) is 3.83. The summed E-state index contributed by atoms with van der Waals surface area (Å²) in [7, 11) is -2.16. The minimum absolute atomic E-state index is 0.0272. The van der Waals surface area contributed by atoms with Crippen molar-refractivity contribution in [3.63, 3.8) is 0 Å². The third kappa shape index (κ3) is 5.27. The molecule has 1 aromatic carbocycles. The zero-order valence-corrected chi connectivity index (χ0v) is 17.6. The zero-order valence-electron chi connectivity index (χ0n) is 16.8. The van der Waals surface area contributed by atoms with Gasteiger partial charge in [-0.25, -0.2) is 8.42 Å². The molecular weight excluding hydrogens is 394 g/mol. The predicted octanol–water partition coefficient (Wildman–Crippen LogP) is 1.22. The van der Waals surface area contributed by atoms with Crippen LogP contribution >= 0.6 is 0 Å². The minimum atomic E-state index is -3.68. The number of rotatable bonds is 6. The maximum atomic E-state index is 12.9. The summed E-state index contributed by atoms with van der Waals surface area (Å²) in [6.45, 7) is 1.96. The summed E-state index contributed by atoms with van der Waals surface area (Å²) in [6, 6.07) is 6.23. The van der Waals surface area contributed by atoms with Crippen LogP contribution in [0.3, 0.4) is 0 Å². The number of nitrogens with zero attached hydrogens (tertiary/aromatic N) is 2. The van der Waals surface area contributed by atoms with Gasteiger partial charge in [0.15, 0.2) is 0 Å². The van der Waals surface area contributed by atoms with E-state index in [1.54, 1.807) is 17.0 Å². The lowest BCUT2D eigenvalue weighted by molar-refractivity contribution is -0.134. The van der Waals surface area contributed by atoms with E-state index in [0.29, 0.717) is 25.1 Å². The summed E-state index contributed by atoms with van der Waals surface area (Å²) in [5.74, 6) is -0.203. The summed E-state index contributed by atoms with van der Waals surface area (Å²) < 4.78 is 32.3. The fourth-order valence-corrected chi connectivity index (χ4v) is 5.36. The van der Waals surface area contributed by atoms with Crippen molar-refractivity contribution in [1.82, 2.24) is 14.5 Å². The third-order valence-corrected chi connectivity index (χ3v) is 7.45. The van der Waals surface area contributed by atoms with Gasteiger partial charge in [0.05, 0.1) is 24.5 Å². The Morgan fingerprint density at radius 2 is 1.76 bits per heavy atom. The molecule has 160 valence electrons. The molecular formula is C20H29N3O5S. The lowest BCUT2D eigenvalue weighted by atomic mass is 9.99. The van der Waals surface area contributed by atoms with Gasteiger partial charge in [0, 0.05) is 26.2 Å². The van der Waals surface area contributed by atoms with E-state index in [-0.39, 0.29) is 29.8 Å². The molecule has 0 unspecified atom stereocenters. The maximum Gasteiger partial charge on any atom is 0.243 e. The first-order valence-electron chi connectivity index (χ1n) is 10.1. The third-order valence-electron chi connectivity index (χ3n) is 5.57. The van der Waals surface area contributed by atoms with E-state index >= 15 is 0 Å². The number of hydrogen-bond acceptors (Lipinski definition) is 5. The van der Waals surface area contributed by atoms with Crippen LogP contribution in [-0.4, -0.2) is 69.3 Å². The lowest BCUT2D eigenvalue weighted by Crippen LogP contribution is -2.48. The zero-order chi connectivity index (χ0) is 20.9. The van der Waals surface area contributed by atoms with Gasteiger partial charge in [0.1, 0.15) is 5.75 Å². The number of nitrogens with one attached hydrogen (secondary N) is 1. The molecule has 2 amide bonds. The topological polar surface area (TPSA) is 96.0 Å². The van der Waals surface area contributed by atoms with E-state index in [4.69, 9.17) is 4.74 Å². The second-order valence-corrected chi connectivity index (χ2v) is 9.47. The van der Waals surface area contributed by atoms with E-state index in [1.807, 2.05) is 0 Å². The SMILES string of the molecule is COc1ccc(S(=O)(=O)N2CCC[C@@H](C(=O)NCC(=O)N3CCCCC3)C2)cc1. The van der Waals surface area contributed by atoms with Crippen LogP contribution in [-0.2, 0) is 19.6 Å². The number of sulfonamides is 1. The van der Waals surface area contributed by atoms with Gasteiger partial charge in [0.2, 0.25) is 21.8 Å². The molecule has 1 aromatic rings. The van der Waals surface area contributed by atoms with Gasteiger partial charge in [0.25, 0.3) is 0 Å². The van der Waals surface area contributed by atoms with Crippen molar-refractivity contribution in [3.8, 4) is 5.75 Å². The molecule has 0 aliphatic carbocycles. The highest BCUT2D eigenvalue weighted by Gasteiger charge is 2.33. The molecule has 29 heavy (non-hydrogen) atoms. The first-order chi connectivity index (χ1) is 13.9. The van der Waals surface area contributed by atoms with Gasteiger partial charge in [-0.05, 0) is 56.4 Å². The van der Waals surface area contributed by atoms with Crippen molar-refractivity contribution < 1.29 is 22.7 Å². The Bertz CT molecular complexity index is 819. The molecule has 0 saturated carbocycles. The molecule has 2 fully saturated rings. The van der Waals surface area contributed by atoms with E-state index in [0.717, 1.165) is 32.4 Å². The molecule has 0 bridgehead atoms. The Kier molecular flexibility index (Phi) is 7.13.